The van der Waals surface area contributed by atoms with Crippen LogP contribution in [0.5, 0.6) is 0 Å². The second-order valence-electron chi connectivity index (χ2n) is 8.99. The minimum atomic E-state index is -0.535. The van der Waals surface area contributed by atoms with Crippen molar-refractivity contribution in [3.63, 3.8) is 0 Å². The highest BCUT2D eigenvalue weighted by atomic mass is 32.1. The van der Waals surface area contributed by atoms with Gasteiger partial charge in [-0.15, -0.1) is 11.3 Å². The highest BCUT2D eigenvalue weighted by Gasteiger charge is 2.43. The average molecular weight is 450 g/mol. The molecule has 5 rings (SSSR count). The van der Waals surface area contributed by atoms with Gasteiger partial charge in [0.2, 0.25) is 17.7 Å². The third kappa shape index (κ3) is 3.43. The summed E-state index contributed by atoms with van der Waals surface area (Å²) in [6.45, 7) is 5.26. The zero-order chi connectivity index (χ0) is 22.3. The molecule has 1 aliphatic carbocycles. The number of hydrogen-bond donors (Lipinski definition) is 1. The molecule has 3 aromatic heterocycles. The van der Waals surface area contributed by atoms with Crippen LogP contribution in [0.25, 0.3) is 11.5 Å². The maximum Gasteiger partial charge on any atom is 0.237 e. The Morgan fingerprint density at radius 2 is 2.16 bits per heavy atom. The van der Waals surface area contributed by atoms with Gasteiger partial charge in [0, 0.05) is 29.2 Å². The van der Waals surface area contributed by atoms with Crippen molar-refractivity contribution < 1.29 is 4.52 Å². The van der Waals surface area contributed by atoms with Crippen molar-refractivity contribution in [2.75, 3.05) is 17.2 Å². The van der Waals surface area contributed by atoms with Gasteiger partial charge in [-0.3, -0.25) is 0 Å². The molecule has 0 unspecified atom stereocenters. The van der Waals surface area contributed by atoms with E-state index in [1.165, 1.54) is 24.2 Å². The number of nitrogens with zero attached hydrogens (tertiary/aromatic N) is 6. The van der Waals surface area contributed by atoms with Crippen LogP contribution in [0.3, 0.4) is 0 Å². The summed E-state index contributed by atoms with van der Waals surface area (Å²) in [5.41, 5.74) is 7.75. The molecule has 166 valence electrons. The van der Waals surface area contributed by atoms with E-state index in [1.807, 2.05) is 6.07 Å². The highest BCUT2D eigenvalue weighted by molar-refractivity contribution is 7.16. The molecule has 0 spiro atoms. The first-order chi connectivity index (χ1) is 15.5. The number of aryl methyl sites for hydroxylation is 1. The first-order valence-corrected chi connectivity index (χ1v) is 12.1. The molecule has 2 aliphatic rings. The number of anilines is 2. The monoisotopic (exact) mass is 449 g/mol. The molecule has 2 atom stereocenters. The fourth-order valence-electron chi connectivity index (χ4n) is 5.04. The van der Waals surface area contributed by atoms with Crippen LogP contribution in [0.15, 0.2) is 16.8 Å². The van der Waals surface area contributed by atoms with Crippen molar-refractivity contribution in [2.45, 2.75) is 70.3 Å². The van der Waals surface area contributed by atoms with E-state index in [0.29, 0.717) is 40.0 Å². The van der Waals surface area contributed by atoms with Crippen molar-refractivity contribution in [1.29, 1.82) is 5.26 Å². The maximum atomic E-state index is 9.71. The third-order valence-corrected chi connectivity index (χ3v) is 7.91. The normalized spacial score (nSPS) is 23.4. The van der Waals surface area contributed by atoms with E-state index < -0.39 is 5.41 Å². The fourth-order valence-corrected chi connectivity index (χ4v) is 6.24. The van der Waals surface area contributed by atoms with Crippen molar-refractivity contribution >= 4 is 22.3 Å². The van der Waals surface area contributed by atoms with E-state index in [-0.39, 0.29) is 0 Å². The number of nitrogens with two attached hydrogens (primary N) is 1. The minimum absolute atomic E-state index is 0.404. The Labute approximate surface area is 191 Å². The van der Waals surface area contributed by atoms with E-state index >= 15 is 0 Å². The van der Waals surface area contributed by atoms with Gasteiger partial charge in [-0.05, 0) is 52.0 Å². The van der Waals surface area contributed by atoms with Crippen LogP contribution >= 0.6 is 11.3 Å². The number of thiophene rings is 1. The van der Waals surface area contributed by atoms with Crippen LogP contribution in [-0.2, 0) is 11.8 Å². The number of fused-ring (bicyclic) bond motifs is 1. The molecule has 4 heterocycles. The molecule has 0 bridgehead atoms. The number of aromatic nitrogens is 4. The molecule has 1 saturated heterocycles. The van der Waals surface area contributed by atoms with Crippen LogP contribution in [-0.4, -0.2) is 32.7 Å². The lowest BCUT2D eigenvalue weighted by molar-refractivity contribution is 0.300. The summed E-state index contributed by atoms with van der Waals surface area (Å²) >= 11 is 1.50. The van der Waals surface area contributed by atoms with Crippen LogP contribution < -0.4 is 10.6 Å². The van der Waals surface area contributed by atoms with E-state index in [1.54, 1.807) is 6.20 Å². The van der Waals surface area contributed by atoms with Crippen LogP contribution in [0.2, 0.25) is 0 Å². The van der Waals surface area contributed by atoms with Crippen molar-refractivity contribution in [3.05, 3.63) is 34.2 Å². The third-order valence-electron chi connectivity index (χ3n) is 6.83. The number of nitrogen functional groups attached to an aromatic ring is 1. The summed E-state index contributed by atoms with van der Waals surface area (Å²) in [4.78, 5) is 17.5. The molecule has 0 saturated carbocycles. The predicted molar refractivity (Wildman–Crippen MR) is 123 cm³/mol. The molecule has 0 radical (unpaired) electrons. The summed E-state index contributed by atoms with van der Waals surface area (Å²) in [6, 6.07) is 4.51. The second kappa shape index (κ2) is 8.17. The minimum Gasteiger partial charge on any atom is -0.389 e. The molecule has 1 aliphatic heterocycles. The smallest absolute Gasteiger partial charge is 0.237 e. The van der Waals surface area contributed by atoms with Crippen LogP contribution in [0.1, 0.15) is 74.3 Å². The maximum absolute atomic E-state index is 9.71. The number of hydrogen-bond acceptors (Lipinski definition) is 9. The van der Waals surface area contributed by atoms with Gasteiger partial charge in [0.1, 0.15) is 16.8 Å². The summed E-state index contributed by atoms with van der Waals surface area (Å²) < 4.78 is 5.77. The van der Waals surface area contributed by atoms with E-state index in [0.717, 1.165) is 49.1 Å². The largest absolute Gasteiger partial charge is 0.389 e. The Kier molecular flexibility index (Phi) is 5.33. The Morgan fingerprint density at radius 3 is 3.00 bits per heavy atom. The second-order valence-corrected chi connectivity index (χ2v) is 10.1. The molecule has 0 amide bonds. The van der Waals surface area contributed by atoms with E-state index in [2.05, 4.69) is 35.0 Å². The first kappa shape index (κ1) is 20.9. The molecular formula is C23H27N7OS. The number of rotatable bonds is 3. The Hall–Kier alpha value is -2.99. The van der Waals surface area contributed by atoms with Crippen LogP contribution in [0, 0.1) is 11.3 Å². The zero-order valence-corrected chi connectivity index (χ0v) is 19.3. The van der Waals surface area contributed by atoms with Gasteiger partial charge in [0.05, 0.1) is 11.0 Å². The van der Waals surface area contributed by atoms with Gasteiger partial charge in [-0.1, -0.05) is 18.0 Å². The molecule has 3 aromatic rings. The number of nitriles is 1. The molecule has 0 aromatic carbocycles. The highest BCUT2D eigenvalue weighted by Crippen LogP contribution is 2.48. The summed E-state index contributed by atoms with van der Waals surface area (Å²) in [6.07, 6.45) is 9.27. The lowest BCUT2D eigenvalue weighted by atomic mass is 9.72. The summed E-state index contributed by atoms with van der Waals surface area (Å²) in [7, 11) is 0. The zero-order valence-electron chi connectivity index (χ0n) is 18.5. The van der Waals surface area contributed by atoms with Crippen molar-refractivity contribution in [1.82, 2.24) is 20.1 Å². The van der Waals surface area contributed by atoms with Gasteiger partial charge < -0.3 is 15.2 Å². The Morgan fingerprint density at radius 1 is 1.28 bits per heavy atom. The van der Waals surface area contributed by atoms with Crippen molar-refractivity contribution in [2.24, 2.45) is 0 Å². The van der Waals surface area contributed by atoms with E-state index in [9.17, 15) is 5.26 Å². The topological polar surface area (TPSA) is 118 Å². The van der Waals surface area contributed by atoms with Gasteiger partial charge >= 0.3 is 0 Å². The Balaban J connectivity index is 1.50. The standard InChI is InChI=1S/C23H27N7OS/c1-14-7-4-3-5-12-30(14)22-26-11-9-16(27-22)20-28-21(31-29-20)23(2)10-6-8-17-18(23)15(13-24)19(25)32-17/h9,11,14H,3-8,10,12,25H2,1-2H3/t14-,23-/m0/s1. The molecular weight excluding hydrogens is 422 g/mol. The quantitative estimate of drug-likeness (QED) is 0.623. The molecule has 1 fully saturated rings. The van der Waals surface area contributed by atoms with Gasteiger partial charge in [0.25, 0.3) is 0 Å². The molecule has 8 nitrogen and oxygen atoms in total. The van der Waals surface area contributed by atoms with Gasteiger partial charge in [-0.25, -0.2) is 9.97 Å². The fraction of sp³-hybridized carbons (Fsp3) is 0.522. The molecule has 9 heteroatoms. The van der Waals surface area contributed by atoms with E-state index in [4.69, 9.17) is 20.2 Å². The van der Waals surface area contributed by atoms with Crippen molar-refractivity contribution in [3.8, 4) is 17.6 Å². The Bertz CT molecular complexity index is 1180. The first-order valence-electron chi connectivity index (χ1n) is 11.3. The average Bonchev–Trinajstić information content (AvgIpc) is 3.35. The molecule has 2 N–H and O–H groups in total. The summed E-state index contributed by atoms with van der Waals surface area (Å²) in [5, 5.41) is 14.5. The van der Waals surface area contributed by atoms with Gasteiger partial charge in [-0.2, -0.15) is 10.2 Å². The lowest BCUT2D eigenvalue weighted by Crippen LogP contribution is -2.34. The molecule has 32 heavy (non-hydrogen) atoms. The van der Waals surface area contributed by atoms with Gasteiger partial charge in [0.15, 0.2) is 0 Å². The lowest BCUT2D eigenvalue weighted by Gasteiger charge is -2.30. The van der Waals surface area contributed by atoms with Crippen LogP contribution in [0.4, 0.5) is 10.9 Å². The summed E-state index contributed by atoms with van der Waals surface area (Å²) in [5.74, 6) is 1.67. The predicted octanol–water partition coefficient (Wildman–Crippen LogP) is 4.45. The SMILES string of the molecule is C[C@H]1CCCCCN1c1nccc(-c2noc([C@@]3(C)CCCc4sc(N)c(C#N)c43)n2)n1.